The SMILES string of the molecule is COc1ccc(C2C/C(=N\N=C(N)N)c3c(C)coc3C2)cc1. The van der Waals surface area contributed by atoms with Gasteiger partial charge in [-0.2, -0.15) is 5.10 Å². The van der Waals surface area contributed by atoms with E-state index in [-0.39, 0.29) is 11.9 Å². The van der Waals surface area contributed by atoms with Crippen molar-refractivity contribution in [3.8, 4) is 5.75 Å². The van der Waals surface area contributed by atoms with E-state index in [4.69, 9.17) is 20.6 Å². The third kappa shape index (κ3) is 3.06. The van der Waals surface area contributed by atoms with E-state index in [2.05, 4.69) is 22.3 Å². The molecule has 1 aromatic heterocycles. The Morgan fingerprint density at radius 2 is 1.96 bits per heavy atom. The normalized spacial score (nSPS) is 18.5. The number of nitrogens with zero attached hydrogens (tertiary/aromatic N) is 2. The van der Waals surface area contributed by atoms with E-state index >= 15 is 0 Å². The Morgan fingerprint density at radius 1 is 1.22 bits per heavy atom. The summed E-state index contributed by atoms with van der Waals surface area (Å²) in [5, 5.41) is 8.06. The van der Waals surface area contributed by atoms with E-state index in [0.29, 0.717) is 0 Å². The van der Waals surface area contributed by atoms with Crippen molar-refractivity contribution in [2.75, 3.05) is 7.11 Å². The first-order chi connectivity index (χ1) is 11.1. The smallest absolute Gasteiger partial charge is 0.211 e. The highest BCUT2D eigenvalue weighted by Crippen LogP contribution is 2.36. The van der Waals surface area contributed by atoms with E-state index < -0.39 is 0 Å². The first-order valence-corrected chi connectivity index (χ1v) is 7.45. The lowest BCUT2D eigenvalue weighted by Crippen LogP contribution is -2.23. The van der Waals surface area contributed by atoms with Crippen molar-refractivity contribution in [1.82, 2.24) is 0 Å². The minimum atomic E-state index is -0.0493. The molecule has 0 spiro atoms. The fraction of sp³-hybridized carbons (Fsp3) is 0.294. The number of furan rings is 1. The lowest BCUT2D eigenvalue weighted by molar-refractivity contribution is 0.414. The number of benzene rings is 1. The maximum Gasteiger partial charge on any atom is 0.211 e. The fourth-order valence-electron chi connectivity index (χ4n) is 2.99. The number of aryl methyl sites for hydroxylation is 1. The summed E-state index contributed by atoms with van der Waals surface area (Å²) in [6.45, 7) is 2.00. The summed E-state index contributed by atoms with van der Waals surface area (Å²) >= 11 is 0. The Kier molecular flexibility index (Phi) is 4.06. The number of hydrogen-bond donors (Lipinski definition) is 2. The number of ether oxygens (including phenoxy) is 1. The number of nitrogens with two attached hydrogens (primary N) is 2. The molecule has 23 heavy (non-hydrogen) atoms. The quantitative estimate of drug-likeness (QED) is 0.516. The first-order valence-electron chi connectivity index (χ1n) is 7.45. The maximum absolute atomic E-state index is 5.70. The molecule has 2 aromatic rings. The molecule has 3 rings (SSSR count). The Labute approximate surface area is 134 Å². The topological polar surface area (TPSA) is 99.1 Å². The molecular weight excluding hydrogens is 292 g/mol. The van der Waals surface area contributed by atoms with Gasteiger partial charge in [0.05, 0.1) is 19.1 Å². The minimum absolute atomic E-state index is 0.0493. The standard InChI is InChI=1S/C17H20N4O2/c1-10-9-23-15-8-12(11-3-5-13(22-2)6-4-11)7-14(16(10)15)20-21-17(18)19/h3-6,9,12H,7-8H2,1-2H3,(H4,18,19,21)/b20-14+. The molecule has 1 heterocycles. The van der Waals surface area contributed by atoms with Crippen molar-refractivity contribution in [1.29, 1.82) is 0 Å². The van der Waals surface area contributed by atoms with Crippen LogP contribution in [0.5, 0.6) is 5.75 Å². The van der Waals surface area contributed by atoms with Gasteiger partial charge in [0.25, 0.3) is 0 Å². The van der Waals surface area contributed by atoms with Gasteiger partial charge in [0.1, 0.15) is 11.5 Å². The second-order valence-corrected chi connectivity index (χ2v) is 5.67. The molecule has 0 radical (unpaired) electrons. The van der Waals surface area contributed by atoms with Gasteiger partial charge in [0.2, 0.25) is 5.96 Å². The molecule has 4 N–H and O–H groups in total. The van der Waals surface area contributed by atoms with Crippen molar-refractivity contribution in [2.24, 2.45) is 21.7 Å². The van der Waals surface area contributed by atoms with Gasteiger partial charge in [0.15, 0.2) is 0 Å². The van der Waals surface area contributed by atoms with Gasteiger partial charge in [-0.15, -0.1) is 5.10 Å². The second-order valence-electron chi connectivity index (χ2n) is 5.67. The predicted molar refractivity (Wildman–Crippen MR) is 89.8 cm³/mol. The van der Waals surface area contributed by atoms with Gasteiger partial charge in [-0.1, -0.05) is 12.1 Å². The fourth-order valence-corrected chi connectivity index (χ4v) is 2.99. The maximum atomic E-state index is 5.70. The highest BCUT2D eigenvalue weighted by atomic mass is 16.5. The zero-order valence-corrected chi connectivity index (χ0v) is 13.2. The second kappa shape index (κ2) is 6.16. The highest BCUT2D eigenvalue weighted by Gasteiger charge is 2.29. The third-order valence-electron chi connectivity index (χ3n) is 4.08. The summed E-state index contributed by atoms with van der Waals surface area (Å²) in [7, 11) is 1.66. The summed E-state index contributed by atoms with van der Waals surface area (Å²) < 4.78 is 10.9. The van der Waals surface area contributed by atoms with Gasteiger partial charge in [0, 0.05) is 12.0 Å². The van der Waals surface area contributed by atoms with Gasteiger partial charge in [-0.3, -0.25) is 0 Å². The molecular formula is C17H20N4O2. The average molecular weight is 312 g/mol. The molecule has 1 aromatic carbocycles. The van der Waals surface area contributed by atoms with Crippen LogP contribution in [-0.4, -0.2) is 18.8 Å². The van der Waals surface area contributed by atoms with Crippen LogP contribution in [0.4, 0.5) is 0 Å². The van der Waals surface area contributed by atoms with Crippen LogP contribution in [0.25, 0.3) is 0 Å². The largest absolute Gasteiger partial charge is 0.497 e. The van der Waals surface area contributed by atoms with E-state index in [1.165, 1.54) is 5.56 Å². The van der Waals surface area contributed by atoms with E-state index in [0.717, 1.165) is 41.2 Å². The van der Waals surface area contributed by atoms with Crippen molar-refractivity contribution in [3.63, 3.8) is 0 Å². The average Bonchev–Trinajstić information content (AvgIpc) is 2.94. The molecule has 1 aliphatic rings. The molecule has 1 aliphatic carbocycles. The monoisotopic (exact) mass is 312 g/mol. The van der Waals surface area contributed by atoms with Gasteiger partial charge in [-0.05, 0) is 42.5 Å². The van der Waals surface area contributed by atoms with Crippen LogP contribution in [-0.2, 0) is 6.42 Å². The van der Waals surface area contributed by atoms with Crippen molar-refractivity contribution >= 4 is 11.7 Å². The van der Waals surface area contributed by atoms with E-state index in [1.54, 1.807) is 13.4 Å². The van der Waals surface area contributed by atoms with Crippen molar-refractivity contribution in [3.05, 3.63) is 53.0 Å². The van der Waals surface area contributed by atoms with Gasteiger partial charge >= 0.3 is 0 Å². The molecule has 0 saturated carbocycles. The molecule has 120 valence electrons. The molecule has 1 atom stereocenters. The van der Waals surface area contributed by atoms with Crippen LogP contribution < -0.4 is 16.2 Å². The molecule has 6 nitrogen and oxygen atoms in total. The Morgan fingerprint density at radius 3 is 2.61 bits per heavy atom. The van der Waals surface area contributed by atoms with Gasteiger partial charge in [-0.25, -0.2) is 0 Å². The Bertz CT molecular complexity index is 755. The molecule has 0 aliphatic heterocycles. The lowest BCUT2D eigenvalue weighted by Gasteiger charge is -2.23. The number of fused-ring (bicyclic) bond motifs is 1. The zero-order valence-electron chi connectivity index (χ0n) is 13.2. The van der Waals surface area contributed by atoms with Gasteiger partial charge < -0.3 is 20.6 Å². The first kappa shape index (κ1) is 15.1. The van der Waals surface area contributed by atoms with Crippen LogP contribution in [0.1, 0.15) is 34.8 Å². The lowest BCUT2D eigenvalue weighted by atomic mass is 9.81. The minimum Gasteiger partial charge on any atom is -0.497 e. The highest BCUT2D eigenvalue weighted by molar-refractivity contribution is 6.04. The molecule has 0 saturated heterocycles. The van der Waals surface area contributed by atoms with Crippen LogP contribution >= 0.6 is 0 Å². The number of methoxy groups -OCH3 is 1. The predicted octanol–water partition coefficient (Wildman–Crippen LogP) is 2.30. The van der Waals surface area contributed by atoms with Crippen molar-refractivity contribution in [2.45, 2.75) is 25.7 Å². The Balaban J connectivity index is 1.96. The van der Waals surface area contributed by atoms with Crippen LogP contribution in [0.3, 0.4) is 0 Å². The molecule has 0 amide bonds. The van der Waals surface area contributed by atoms with Crippen LogP contribution in [0.2, 0.25) is 0 Å². The summed E-state index contributed by atoms with van der Waals surface area (Å²) in [6.07, 6.45) is 3.35. The van der Waals surface area contributed by atoms with E-state index in [1.807, 2.05) is 19.1 Å². The molecule has 1 unspecified atom stereocenters. The van der Waals surface area contributed by atoms with E-state index in [9.17, 15) is 0 Å². The summed E-state index contributed by atoms with van der Waals surface area (Å²) in [5.41, 5.74) is 15.0. The number of hydrogen-bond acceptors (Lipinski definition) is 4. The summed E-state index contributed by atoms with van der Waals surface area (Å²) in [6, 6.07) is 8.07. The van der Waals surface area contributed by atoms with Crippen molar-refractivity contribution < 1.29 is 9.15 Å². The summed E-state index contributed by atoms with van der Waals surface area (Å²) in [4.78, 5) is 0. The van der Waals surface area contributed by atoms with Crippen LogP contribution in [0.15, 0.2) is 45.1 Å². The van der Waals surface area contributed by atoms with Crippen LogP contribution in [0, 0.1) is 6.92 Å². The summed E-state index contributed by atoms with van der Waals surface area (Å²) in [5.74, 6) is 1.99. The Hall–Kier alpha value is -2.76. The zero-order chi connectivity index (χ0) is 16.4. The number of guanidine groups is 1. The molecule has 6 heteroatoms. The third-order valence-corrected chi connectivity index (χ3v) is 4.08. The number of rotatable bonds is 3. The molecule has 0 fully saturated rings. The molecule has 0 bridgehead atoms.